The smallest absolute Gasteiger partial charge is 0.354 e. The van der Waals surface area contributed by atoms with E-state index in [0.717, 1.165) is 41.2 Å². The van der Waals surface area contributed by atoms with Crippen LogP contribution >= 0.6 is 0 Å². The molecule has 0 saturated carbocycles. The summed E-state index contributed by atoms with van der Waals surface area (Å²) in [4.78, 5) is 16.6. The third kappa shape index (κ3) is 3.39. The fraction of sp³-hybridized carbons (Fsp3) is 0.280. The van der Waals surface area contributed by atoms with Crippen molar-refractivity contribution in [2.45, 2.75) is 26.3 Å². The zero-order valence-electron chi connectivity index (χ0n) is 18.6. The first-order valence-corrected chi connectivity index (χ1v) is 10.5. The molecule has 7 heteroatoms. The summed E-state index contributed by atoms with van der Waals surface area (Å²) in [6.45, 7) is 2.93. The number of nitrogens with zero attached hydrogens (tertiary/aromatic N) is 2. The van der Waals surface area contributed by atoms with Crippen LogP contribution in [0.25, 0.3) is 33.1 Å². The van der Waals surface area contributed by atoms with Crippen LogP contribution in [0.2, 0.25) is 0 Å². The predicted molar refractivity (Wildman–Crippen MR) is 124 cm³/mol. The zero-order chi connectivity index (χ0) is 22.8. The number of fused-ring (bicyclic) bond motifs is 3. The Morgan fingerprint density at radius 1 is 1.00 bits per heavy atom. The molecule has 2 aromatic carbocycles. The highest BCUT2D eigenvalue weighted by molar-refractivity contribution is 6.13. The SMILES string of the molecule is CCCCn1c2ccccc2c2cc(C(=O)O)nc(-c3ccc(OC)c(OC)c3OC)c21. The van der Waals surface area contributed by atoms with Gasteiger partial charge in [-0.05, 0) is 30.7 Å². The highest BCUT2D eigenvalue weighted by Gasteiger charge is 2.24. The second kappa shape index (κ2) is 8.78. The topological polar surface area (TPSA) is 82.8 Å². The number of para-hydroxylation sites is 1. The van der Waals surface area contributed by atoms with Gasteiger partial charge >= 0.3 is 5.97 Å². The minimum Gasteiger partial charge on any atom is -0.493 e. The van der Waals surface area contributed by atoms with Crippen molar-refractivity contribution in [2.75, 3.05) is 21.3 Å². The van der Waals surface area contributed by atoms with Gasteiger partial charge in [-0.2, -0.15) is 0 Å². The average Bonchev–Trinajstić information content (AvgIpc) is 3.14. The monoisotopic (exact) mass is 434 g/mol. The van der Waals surface area contributed by atoms with E-state index in [0.29, 0.717) is 28.5 Å². The molecule has 0 fully saturated rings. The van der Waals surface area contributed by atoms with Crippen molar-refractivity contribution in [2.24, 2.45) is 0 Å². The number of aromatic nitrogens is 2. The lowest BCUT2D eigenvalue weighted by atomic mass is 10.0. The molecule has 2 aromatic heterocycles. The van der Waals surface area contributed by atoms with Gasteiger partial charge in [0.05, 0.1) is 32.5 Å². The largest absolute Gasteiger partial charge is 0.493 e. The van der Waals surface area contributed by atoms with Crippen LogP contribution in [0, 0.1) is 0 Å². The van der Waals surface area contributed by atoms with E-state index in [2.05, 4.69) is 22.5 Å². The zero-order valence-corrected chi connectivity index (χ0v) is 18.6. The molecule has 4 aromatic rings. The lowest BCUT2D eigenvalue weighted by Gasteiger charge is -2.17. The molecule has 0 aliphatic heterocycles. The molecule has 0 spiro atoms. The van der Waals surface area contributed by atoms with Crippen molar-refractivity contribution in [1.29, 1.82) is 0 Å². The Morgan fingerprint density at radius 3 is 2.41 bits per heavy atom. The lowest BCUT2D eigenvalue weighted by molar-refractivity contribution is 0.0691. The van der Waals surface area contributed by atoms with Gasteiger partial charge in [-0.25, -0.2) is 9.78 Å². The first-order chi connectivity index (χ1) is 15.5. The maximum Gasteiger partial charge on any atom is 0.354 e. The van der Waals surface area contributed by atoms with Gasteiger partial charge in [0.1, 0.15) is 5.69 Å². The summed E-state index contributed by atoms with van der Waals surface area (Å²) >= 11 is 0. The first-order valence-electron chi connectivity index (χ1n) is 10.5. The number of aromatic carboxylic acids is 1. The Balaban J connectivity index is 2.17. The third-order valence-corrected chi connectivity index (χ3v) is 5.66. The number of unbranched alkanes of at least 4 members (excludes halogenated alkanes) is 1. The van der Waals surface area contributed by atoms with Crippen LogP contribution in [0.1, 0.15) is 30.3 Å². The van der Waals surface area contributed by atoms with E-state index >= 15 is 0 Å². The van der Waals surface area contributed by atoms with E-state index in [1.807, 2.05) is 24.3 Å². The minimum absolute atomic E-state index is 0.0252. The molecule has 0 amide bonds. The standard InChI is InChI=1S/C25H26N2O5/c1-5-6-13-27-19-10-8-7-9-15(19)17-14-18(25(28)29)26-21(22(17)27)16-11-12-20(30-2)24(32-4)23(16)31-3/h7-12,14H,5-6,13H2,1-4H3,(H,28,29). The molecule has 166 valence electrons. The first kappa shape index (κ1) is 21.5. The van der Waals surface area contributed by atoms with Crippen LogP contribution in [0.15, 0.2) is 42.5 Å². The third-order valence-electron chi connectivity index (χ3n) is 5.66. The summed E-state index contributed by atoms with van der Waals surface area (Å²) in [6.07, 6.45) is 2.01. The van der Waals surface area contributed by atoms with E-state index < -0.39 is 5.97 Å². The fourth-order valence-corrected chi connectivity index (χ4v) is 4.21. The van der Waals surface area contributed by atoms with Crippen molar-refractivity contribution in [3.8, 4) is 28.5 Å². The summed E-state index contributed by atoms with van der Waals surface area (Å²) in [5.41, 5.74) is 3.06. The van der Waals surface area contributed by atoms with Crippen LogP contribution in [0.4, 0.5) is 0 Å². The molecule has 32 heavy (non-hydrogen) atoms. The quantitative estimate of drug-likeness (QED) is 0.401. The highest BCUT2D eigenvalue weighted by atomic mass is 16.5. The number of rotatable bonds is 8. The molecule has 0 unspecified atom stereocenters. The Kier molecular flexibility index (Phi) is 5.90. The van der Waals surface area contributed by atoms with E-state index in [4.69, 9.17) is 14.2 Å². The summed E-state index contributed by atoms with van der Waals surface area (Å²) < 4.78 is 18.9. The summed E-state index contributed by atoms with van der Waals surface area (Å²) in [5, 5.41) is 11.6. The second-order valence-corrected chi connectivity index (χ2v) is 7.46. The molecule has 0 bridgehead atoms. The molecule has 0 atom stereocenters. The number of hydrogen-bond donors (Lipinski definition) is 1. The van der Waals surface area contributed by atoms with E-state index in [1.165, 1.54) is 0 Å². The summed E-state index contributed by atoms with van der Waals surface area (Å²) in [7, 11) is 4.64. The predicted octanol–water partition coefficient (Wildman–Crippen LogP) is 5.38. The van der Waals surface area contributed by atoms with Crippen LogP contribution in [0.3, 0.4) is 0 Å². The van der Waals surface area contributed by atoms with Gasteiger partial charge in [0, 0.05) is 28.4 Å². The molecule has 0 aliphatic carbocycles. The number of methoxy groups -OCH3 is 3. The van der Waals surface area contributed by atoms with Crippen LogP contribution < -0.4 is 14.2 Å². The van der Waals surface area contributed by atoms with Crippen molar-refractivity contribution in [3.63, 3.8) is 0 Å². The van der Waals surface area contributed by atoms with E-state index in [-0.39, 0.29) is 5.69 Å². The van der Waals surface area contributed by atoms with E-state index in [1.54, 1.807) is 33.5 Å². The summed E-state index contributed by atoms with van der Waals surface area (Å²) in [5.74, 6) is 0.304. The molecule has 0 saturated heterocycles. The molecule has 0 radical (unpaired) electrons. The van der Waals surface area contributed by atoms with E-state index in [9.17, 15) is 9.90 Å². The van der Waals surface area contributed by atoms with Crippen LogP contribution in [0.5, 0.6) is 17.2 Å². The van der Waals surface area contributed by atoms with Crippen molar-refractivity contribution >= 4 is 27.8 Å². The normalized spacial score (nSPS) is 11.1. The van der Waals surface area contributed by atoms with Gasteiger partial charge in [-0.3, -0.25) is 0 Å². The fourth-order valence-electron chi connectivity index (χ4n) is 4.21. The Bertz CT molecular complexity index is 1310. The van der Waals surface area contributed by atoms with Crippen molar-refractivity contribution < 1.29 is 24.1 Å². The number of aryl methyl sites for hydroxylation is 1. The molecule has 4 rings (SSSR count). The number of carboxylic acid groups (broad SMARTS) is 1. The number of pyridine rings is 1. The van der Waals surface area contributed by atoms with Crippen LogP contribution in [-0.4, -0.2) is 42.0 Å². The molecular weight excluding hydrogens is 408 g/mol. The van der Waals surface area contributed by atoms with Gasteiger partial charge in [0.15, 0.2) is 11.5 Å². The number of carboxylic acids is 1. The Hall–Kier alpha value is -3.74. The second-order valence-electron chi connectivity index (χ2n) is 7.46. The molecule has 7 nitrogen and oxygen atoms in total. The van der Waals surface area contributed by atoms with Gasteiger partial charge < -0.3 is 23.9 Å². The Morgan fingerprint density at radius 2 is 1.75 bits per heavy atom. The van der Waals surface area contributed by atoms with Gasteiger partial charge in [-0.1, -0.05) is 31.5 Å². The maximum absolute atomic E-state index is 12.0. The van der Waals surface area contributed by atoms with Gasteiger partial charge in [0.25, 0.3) is 0 Å². The van der Waals surface area contributed by atoms with Gasteiger partial charge in [0.2, 0.25) is 5.75 Å². The summed E-state index contributed by atoms with van der Waals surface area (Å²) in [6, 6.07) is 13.3. The minimum atomic E-state index is -1.09. The maximum atomic E-state index is 12.0. The molecular formula is C25H26N2O5. The van der Waals surface area contributed by atoms with Crippen molar-refractivity contribution in [3.05, 3.63) is 48.2 Å². The average molecular weight is 434 g/mol. The lowest BCUT2D eigenvalue weighted by Crippen LogP contribution is -2.06. The number of carbonyl (C=O) groups is 1. The molecule has 0 aliphatic rings. The number of benzene rings is 2. The van der Waals surface area contributed by atoms with Crippen LogP contribution in [-0.2, 0) is 6.54 Å². The van der Waals surface area contributed by atoms with Gasteiger partial charge in [-0.15, -0.1) is 0 Å². The Labute approximate surface area is 186 Å². The number of hydrogen-bond acceptors (Lipinski definition) is 5. The number of ether oxygens (including phenoxy) is 3. The molecule has 1 N–H and O–H groups in total. The molecule has 2 heterocycles. The van der Waals surface area contributed by atoms with Crippen molar-refractivity contribution in [1.82, 2.24) is 9.55 Å². The highest BCUT2D eigenvalue weighted by Crippen LogP contribution is 2.46.